The van der Waals surface area contributed by atoms with Gasteiger partial charge in [0.2, 0.25) is 5.91 Å². The molecule has 0 fully saturated rings. The van der Waals surface area contributed by atoms with Crippen LogP contribution < -0.4 is 0 Å². The van der Waals surface area contributed by atoms with Crippen LogP contribution in [0.1, 0.15) is 24.1 Å². The second-order valence-corrected chi connectivity index (χ2v) is 6.02. The number of hydrogen-bond donors (Lipinski definition) is 0. The molecule has 0 bridgehead atoms. The van der Waals surface area contributed by atoms with Crippen LogP contribution in [0.3, 0.4) is 0 Å². The van der Waals surface area contributed by atoms with Crippen LogP contribution in [0, 0.1) is 0 Å². The third-order valence-electron chi connectivity index (χ3n) is 4.19. The molecule has 0 spiro atoms. The second-order valence-electron chi connectivity index (χ2n) is 6.02. The van der Waals surface area contributed by atoms with E-state index in [1.165, 1.54) is 0 Å². The lowest BCUT2D eigenvalue weighted by atomic mass is 10.3. The monoisotopic (exact) mass is 317 g/mol. The summed E-state index contributed by atoms with van der Waals surface area (Å²) in [5.74, 6) is 2.09. The van der Waals surface area contributed by atoms with Crippen LogP contribution in [-0.4, -0.2) is 60.4 Å². The Morgan fingerprint density at radius 2 is 2.17 bits per heavy atom. The number of likely N-dealkylation sites (N-methyl/N-ethyl adjacent to an activating group) is 1. The molecule has 8 nitrogen and oxygen atoms in total. The van der Waals surface area contributed by atoms with E-state index in [-0.39, 0.29) is 5.91 Å². The van der Waals surface area contributed by atoms with E-state index in [4.69, 9.17) is 0 Å². The number of amides is 1. The van der Waals surface area contributed by atoms with Gasteiger partial charge >= 0.3 is 0 Å². The number of carbonyl (C=O) groups is 1. The van der Waals surface area contributed by atoms with Crippen molar-refractivity contribution in [3.8, 4) is 0 Å². The molecule has 0 saturated carbocycles. The van der Waals surface area contributed by atoms with Crippen LogP contribution in [0.15, 0.2) is 12.4 Å². The Morgan fingerprint density at radius 1 is 1.35 bits per heavy atom. The summed E-state index contributed by atoms with van der Waals surface area (Å²) < 4.78 is 3.91. The van der Waals surface area contributed by atoms with Crippen molar-refractivity contribution >= 4 is 5.91 Å². The van der Waals surface area contributed by atoms with Crippen LogP contribution in [0.4, 0.5) is 0 Å². The smallest absolute Gasteiger partial charge is 0.236 e. The molecule has 0 aromatic carbocycles. The van der Waals surface area contributed by atoms with Crippen molar-refractivity contribution in [1.82, 2.24) is 34.3 Å². The van der Waals surface area contributed by atoms with Gasteiger partial charge in [-0.2, -0.15) is 5.10 Å². The van der Waals surface area contributed by atoms with Crippen molar-refractivity contribution in [3.63, 3.8) is 0 Å². The minimum absolute atomic E-state index is 0.109. The summed E-state index contributed by atoms with van der Waals surface area (Å²) in [5, 5.41) is 12.6. The van der Waals surface area contributed by atoms with E-state index in [1.807, 2.05) is 20.3 Å². The van der Waals surface area contributed by atoms with E-state index in [9.17, 15) is 4.79 Å². The van der Waals surface area contributed by atoms with E-state index in [1.54, 1.807) is 15.8 Å². The van der Waals surface area contributed by atoms with Crippen molar-refractivity contribution in [3.05, 3.63) is 29.6 Å². The van der Waals surface area contributed by atoms with Gasteiger partial charge in [0.25, 0.3) is 0 Å². The van der Waals surface area contributed by atoms with Crippen molar-refractivity contribution in [2.75, 3.05) is 20.1 Å². The summed E-state index contributed by atoms with van der Waals surface area (Å²) in [6.07, 6.45) is 4.61. The Labute approximate surface area is 135 Å². The predicted molar refractivity (Wildman–Crippen MR) is 84.4 cm³/mol. The lowest BCUT2D eigenvalue weighted by Gasteiger charge is -2.28. The van der Waals surface area contributed by atoms with Gasteiger partial charge < -0.3 is 9.47 Å². The van der Waals surface area contributed by atoms with Crippen LogP contribution >= 0.6 is 0 Å². The molecule has 0 radical (unpaired) electrons. The number of hydrogen-bond acceptors (Lipinski definition) is 5. The van der Waals surface area contributed by atoms with Crippen LogP contribution in [0.2, 0.25) is 0 Å². The number of aromatic nitrogens is 5. The van der Waals surface area contributed by atoms with Crippen molar-refractivity contribution in [1.29, 1.82) is 0 Å². The summed E-state index contributed by atoms with van der Waals surface area (Å²) in [5.41, 5.74) is 1.04. The molecule has 2 aromatic heterocycles. The van der Waals surface area contributed by atoms with E-state index >= 15 is 0 Å². The van der Waals surface area contributed by atoms with Crippen LogP contribution in [0.5, 0.6) is 0 Å². The maximum absolute atomic E-state index is 12.4. The highest BCUT2D eigenvalue weighted by Gasteiger charge is 2.23. The average Bonchev–Trinajstić information content (AvgIpc) is 3.12. The summed E-state index contributed by atoms with van der Waals surface area (Å²) in [7, 11) is 3.71. The molecular weight excluding hydrogens is 294 g/mol. The highest BCUT2D eigenvalue weighted by atomic mass is 16.2. The molecule has 3 heterocycles. The summed E-state index contributed by atoms with van der Waals surface area (Å²) in [6.45, 7) is 5.46. The molecule has 2 aromatic rings. The number of carbonyl (C=O) groups excluding carboxylic acids is 1. The number of fused-ring (bicyclic) bond motifs is 1. The first-order valence-electron chi connectivity index (χ1n) is 7.91. The van der Waals surface area contributed by atoms with Crippen molar-refractivity contribution < 1.29 is 4.79 Å². The van der Waals surface area contributed by atoms with E-state index < -0.39 is 0 Å². The average molecular weight is 317 g/mol. The van der Waals surface area contributed by atoms with Crippen molar-refractivity contribution in [2.45, 2.75) is 33.0 Å². The van der Waals surface area contributed by atoms with Crippen LogP contribution in [0.25, 0.3) is 0 Å². The number of nitrogens with zero attached hydrogens (tertiary/aromatic N) is 7. The Bertz CT molecular complexity index is 690. The Hall–Kier alpha value is -2.22. The molecule has 0 unspecified atom stereocenters. The predicted octanol–water partition coefficient (Wildman–Crippen LogP) is 0.0482. The SMILES string of the molecule is CCc1nnc2n1CCN(CC(=O)N(C)Cc1cnn(C)c1)C2. The molecule has 124 valence electrons. The molecule has 8 heteroatoms. The Morgan fingerprint density at radius 3 is 2.87 bits per heavy atom. The highest BCUT2D eigenvalue weighted by molar-refractivity contribution is 5.78. The van der Waals surface area contributed by atoms with E-state index in [0.29, 0.717) is 19.6 Å². The van der Waals surface area contributed by atoms with E-state index in [2.05, 4.69) is 31.7 Å². The van der Waals surface area contributed by atoms with E-state index in [0.717, 1.165) is 36.7 Å². The molecule has 1 aliphatic heterocycles. The number of aryl methyl sites for hydroxylation is 2. The van der Waals surface area contributed by atoms with Crippen LogP contribution in [-0.2, 0) is 37.9 Å². The molecule has 1 amide bonds. The first-order valence-corrected chi connectivity index (χ1v) is 7.91. The molecule has 1 aliphatic rings. The Balaban J connectivity index is 1.56. The minimum atomic E-state index is 0.109. The molecule has 3 rings (SSSR count). The topological polar surface area (TPSA) is 72.1 Å². The lowest BCUT2D eigenvalue weighted by molar-refractivity contribution is -0.132. The zero-order valence-electron chi connectivity index (χ0n) is 13.9. The highest BCUT2D eigenvalue weighted by Crippen LogP contribution is 2.13. The summed E-state index contributed by atoms with van der Waals surface area (Å²) in [6, 6.07) is 0. The molecule has 23 heavy (non-hydrogen) atoms. The van der Waals surface area contributed by atoms with Gasteiger partial charge in [0.05, 0.1) is 19.3 Å². The second kappa shape index (κ2) is 6.49. The molecule has 0 aliphatic carbocycles. The normalized spacial score (nSPS) is 14.7. The standard InChI is InChI=1S/C15H23N7O/c1-4-13-17-18-14-10-21(5-6-22(13)14)11-15(23)19(2)8-12-7-16-20(3)9-12/h7,9H,4-6,8,10-11H2,1-3H3. The van der Waals surface area contributed by atoms with Gasteiger partial charge in [0.1, 0.15) is 11.6 Å². The van der Waals surface area contributed by atoms with Gasteiger partial charge in [-0.25, -0.2) is 0 Å². The fraction of sp³-hybridized carbons (Fsp3) is 0.600. The zero-order valence-corrected chi connectivity index (χ0v) is 13.9. The fourth-order valence-electron chi connectivity index (χ4n) is 2.89. The molecule has 0 saturated heterocycles. The Kier molecular flexibility index (Phi) is 4.42. The van der Waals surface area contributed by atoms with Gasteiger partial charge in [-0.1, -0.05) is 6.92 Å². The quantitative estimate of drug-likeness (QED) is 0.779. The maximum atomic E-state index is 12.4. The van der Waals surface area contributed by atoms with Gasteiger partial charge in [-0.15, -0.1) is 10.2 Å². The molecule has 0 N–H and O–H groups in total. The summed E-state index contributed by atoms with van der Waals surface area (Å²) >= 11 is 0. The lowest BCUT2D eigenvalue weighted by Crippen LogP contribution is -2.42. The maximum Gasteiger partial charge on any atom is 0.236 e. The first-order chi connectivity index (χ1) is 11.1. The zero-order chi connectivity index (χ0) is 16.4. The number of rotatable bonds is 5. The molecule has 0 atom stereocenters. The minimum Gasteiger partial charge on any atom is -0.340 e. The fourth-order valence-corrected chi connectivity index (χ4v) is 2.89. The van der Waals surface area contributed by atoms with Gasteiger partial charge in [0.15, 0.2) is 0 Å². The van der Waals surface area contributed by atoms with Gasteiger partial charge in [-0.3, -0.25) is 14.4 Å². The largest absolute Gasteiger partial charge is 0.340 e. The third kappa shape index (κ3) is 3.42. The van der Waals surface area contributed by atoms with Crippen molar-refractivity contribution in [2.24, 2.45) is 7.05 Å². The van der Waals surface area contributed by atoms with Gasteiger partial charge in [-0.05, 0) is 0 Å². The van der Waals surface area contributed by atoms with Gasteiger partial charge in [0, 0.05) is 51.9 Å². The third-order valence-corrected chi connectivity index (χ3v) is 4.19. The molecular formula is C15H23N7O. The summed E-state index contributed by atoms with van der Waals surface area (Å²) in [4.78, 5) is 16.3. The first kappa shape index (κ1) is 15.7.